The van der Waals surface area contributed by atoms with E-state index in [1.165, 1.54) is 49.2 Å². The van der Waals surface area contributed by atoms with Crippen molar-refractivity contribution in [2.75, 3.05) is 19.7 Å². The van der Waals surface area contributed by atoms with Gasteiger partial charge < -0.3 is 4.74 Å². The molecule has 0 amide bonds. The van der Waals surface area contributed by atoms with Crippen molar-refractivity contribution in [3.63, 3.8) is 0 Å². The van der Waals surface area contributed by atoms with Crippen LogP contribution in [0, 0.1) is 5.92 Å². The third kappa shape index (κ3) is 4.55. The van der Waals surface area contributed by atoms with Gasteiger partial charge in [-0.25, -0.2) is 9.97 Å². The quantitative estimate of drug-likeness (QED) is 0.784. The van der Waals surface area contributed by atoms with E-state index >= 15 is 0 Å². The van der Waals surface area contributed by atoms with Gasteiger partial charge in [-0.3, -0.25) is 9.88 Å². The molecule has 1 unspecified atom stereocenters. The Bertz CT molecular complexity index is 656. The summed E-state index contributed by atoms with van der Waals surface area (Å²) < 4.78 is 5.80. The average Bonchev–Trinajstić information content (AvgIpc) is 3.33. The first-order valence-electron chi connectivity index (χ1n) is 9.42. The number of thiazole rings is 1. The molecule has 0 radical (unpaired) electrons. The predicted molar refractivity (Wildman–Crippen MR) is 98.9 cm³/mol. The third-order valence-electron chi connectivity index (χ3n) is 5.27. The fourth-order valence-corrected chi connectivity index (χ4v) is 4.96. The highest BCUT2D eigenvalue weighted by molar-refractivity contribution is 7.09. The second-order valence-corrected chi connectivity index (χ2v) is 8.15. The number of rotatable bonds is 6. The van der Waals surface area contributed by atoms with Crippen molar-refractivity contribution in [1.29, 1.82) is 0 Å². The lowest BCUT2D eigenvalue weighted by atomic mass is 9.99. The Hall–Kier alpha value is -1.53. The molecule has 0 spiro atoms. The number of nitrogens with zero attached hydrogens (tertiary/aromatic N) is 4. The maximum Gasteiger partial charge on any atom is 0.232 e. The zero-order chi connectivity index (χ0) is 16.9. The summed E-state index contributed by atoms with van der Waals surface area (Å²) in [5, 5.41) is 3.64. The Morgan fingerprint density at radius 2 is 2.08 bits per heavy atom. The molecule has 25 heavy (non-hydrogen) atoms. The van der Waals surface area contributed by atoms with Crippen LogP contribution >= 0.6 is 11.3 Å². The monoisotopic (exact) mass is 358 g/mol. The van der Waals surface area contributed by atoms with Crippen molar-refractivity contribution < 1.29 is 4.74 Å². The van der Waals surface area contributed by atoms with Crippen molar-refractivity contribution in [3.05, 3.63) is 34.7 Å². The van der Waals surface area contributed by atoms with Crippen molar-refractivity contribution >= 4 is 11.3 Å². The van der Waals surface area contributed by atoms with E-state index in [9.17, 15) is 0 Å². The number of likely N-dealkylation sites (tertiary alicyclic amines) is 1. The number of ether oxygens (including phenoxy) is 1. The van der Waals surface area contributed by atoms with Gasteiger partial charge in [0.2, 0.25) is 5.88 Å². The fourth-order valence-electron chi connectivity index (χ4n) is 3.98. The molecule has 0 aromatic carbocycles. The Labute approximate surface area is 153 Å². The minimum Gasteiger partial charge on any atom is -0.476 e. The topological polar surface area (TPSA) is 51.1 Å². The number of hydrogen-bond acceptors (Lipinski definition) is 6. The maximum atomic E-state index is 5.80. The number of aromatic nitrogens is 3. The molecule has 6 heteroatoms. The van der Waals surface area contributed by atoms with E-state index in [4.69, 9.17) is 9.72 Å². The Morgan fingerprint density at radius 3 is 2.92 bits per heavy atom. The Balaban J connectivity index is 1.28. The van der Waals surface area contributed by atoms with Gasteiger partial charge in [0, 0.05) is 42.7 Å². The summed E-state index contributed by atoms with van der Waals surface area (Å²) in [7, 11) is 0. The number of piperidine rings is 1. The molecule has 2 fully saturated rings. The van der Waals surface area contributed by atoms with Crippen LogP contribution in [-0.4, -0.2) is 39.5 Å². The van der Waals surface area contributed by atoms with Crippen LogP contribution in [0.5, 0.6) is 5.88 Å². The first-order valence-corrected chi connectivity index (χ1v) is 10.3. The van der Waals surface area contributed by atoms with Crippen molar-refractivity contribution in [2.24, 2.45) is 5.92 Å². The van der Waals surface area contributed by atoms with Crippen LogP contribution in [-0.2, 0) is 6.54 Å². The van der Waals surface area contributed by atoms with Crippen LogP contribution in [0.25, 0.3) is 0 Å². The summed E-state index contributed by atoms with van der Waals surface area (Å²) in [5.74, 6) is 1.91. The smallest absolute Gasteiger partial charge is 0.232 e. The summed E-state index contributed by atoms with van der Waals surface area (Å²) in [6.07, 6.45) is 12.9. The molecule has 5 nitrogen and oxygen atoms in total. The largest absolute Gasteiger partial charge is 0.476 e. The molecule has 3 heterocycles. The first-order chi connectivity index (χ1) is 12.4. The molecule has 0 bridgehead atoms. The van der Waals surface area contributed by atoms with Gasteiger partial charge >= 0.3 is 0 Å². The van der Waals surface area contributed by atoms with E-state index in [1.54, 1.807) is 18.6 Å². The average molecular weight is 359 g/mol. The molecule has 1 aliphatic heterocycles. The van der Waals surface area contributed by atoms with Gasteiger partial charge in [-0.15, -0.1) is 11.3 Å². The van der Waals surface area contributed by atoms with E-state index in [-0.39, 0.29) is 0 Å². The summed E-state index contributed by atoms with van der Waals surface area (Å²) in [6.45, 7) is 3.94. The molecule has 1 saturated carbocycles. The van der Waals surface area contributed by atoms with Gasteiger partial charge in [0.25, 0.3) is 0 Å². The third-order valence-corrected chi connectivity index (χ3v) is 6.33. The highest BCUT2D eigenvalue weighted by Gasteiger charge is 2.23. The van der Waals surface area contributed by atoms with E-state index in [1.807, 2.05) is 11.3 Å². The summed E-state index contributed by atoms with van der Waals surface area (Å²) >= 11 is 1.87. The van der Waals surface area contributed by atoms with Gasteiger partial charge in [-0.05, 0) is 32.2 Å². The Kier molecular flexibility index (Phi) is 5.57. The van der Waals surface area contributed by atoms with Crippen LogP contribution in [0.15, 0.2) is 24.0 Å². The molecule has 2 aromatic rings. The van der Waals surface area contributed by atoms with Crippen molar-refractivity contribution in [3.8, 4) is 5.88 Å². The van der Waals surface area contributed by atoms with E-state index in [2.05, 4.69) is 20.2 Å². The second-order valence-electron chi connectivity index (χ2n) is 7.26. The van der Waals surface area contributed by atoms with Crippen LogP contribution in [0.4, 0.5) is 0 Å². The summed E-state index contributed by atoms with van der Waals surface area (Å²) in [6, 6.07) is 0. The lowest BCUT2D eigenvalue weighted by Gasteiger charge is -2.31. The molecule has 0 N–H and O–H groups in total. The molecule has 4 rings (SSSR count). The lowest BCUT2D eigenvalue weighted by molar-refractivity contribution is 0.122. The molecule has 1 aliphatic carbocycles. The standard InChI is InChI=1S/C19H26N4OS/c1-2-6-16(5-1)19-22-17(14-25-19)12-23-9-3-4-15(11-23)13-24-18-10-20-7-8-21-18/h7-8,10,14-16H,1-6,9,11-13H2. The highest BCUT2D eigenvalue weighted by Crippen LogP contribution is 2.35. The van der Waals surface area contributed by atoms with Crippen molar-refractivity contribution in [2.45, 2.75) is 51.0 Å². The maximum absolute atomic E-state index is 5.80. The molecular formula is C19H26N4OS. The van der Waals surface area contributed by atoms with Crippen LogP contribution in [0.2, 0.25) is 0 Å². The zero-order valence-corrected chi connectivity index (χ0v) is 15.5. The van der Waals surface area contributed by atoms with Crippen LogP contribution < -0.4 is 4.74 Å². The van der Waals surface area contributed by atoms with Crippen molar-refractivity contribution in [1.82, 2.24) is 19.9 Å². The van der Waals surface area contributed by atoms with E-state index < -0.39 is 0 Å². The molecule has 1 saturated heterocycles. The first kappa shape index (κ1) is 16.9. The fraction of sp³-hybridized carbons (Fsp3) is 0.632. The van der Waals surface area contributed by atoms with Gasteiger partial charge in [0.1, 0.15) is 0 Å². The molecule has 1 atom stereocenters. The van der Waals surface area contributed by atoms with E-state index in [0.717, 1.165) is 32.2 Å². The minimum absolute atomic E-state index is 0.559. The van der Waals surface area contributed by atoms with Gasteiger partial charge in [-0.2, -0.15) is 0 Å². The normalized spacial score (nSPS) is 22.3. The molecule has 134 valence electrons. The SMILES string of the molecule is c1cnc(OCC2CCCN(Cc3csc(C4CCCC4)n3)C2)cn1. The van der Waals surface area contributed by atoms with Gasteiger partial charge in [0.05, 0.1) is 23.5 Å². The summed E-state index contributed by atoms with van der Waals surface area (Å²) in [4.78, 5) is 15.7. The van der Waals surface area contributed by atoms with Gasteiger partial charge in [0.15, 0.2) is 0 Å². The molecule has 2 aromatic heterocycles. The lowest BCUT2D eigenvalue weighted by Crippen LogP contribution is -2.37. The molecular weight excluding hydrogens is 332 g/mol. The van der Waals surface area contributed by atoms with Gasteiger partial charge in [-0.1, -0.05) is 12.8 Å². The van der Waals surface area contributed by atoms with Crippen LogP contribution in [0.1, 0.15) is 55.1 Å². The van der Waals surface area contributed by atoms with Crippen LogP contribution in [0.3, 0.4) is 0 Å². The summed E-state index contributed by atoms with van der Waals surface area (Å²) in [5.41, 5.74) is 1.25. The zero-order valence-electron chi connectivity index (χ0n) is 14.6. The molecule has 2 aliphatic rings. The number of hydrogen-bond donors (Lipinski definition) is 0. The highest BCUT2D eigenvalue weighted by atomic mass is 32.1. The predicted octanol–water partition coefficient (Wildman–Crippen LogP) is 3.88. The minimum atomic E-state index is 0.559. The van der Waals surface area contributed by atoms with E-state index in [0.29, 0.717) is 11.8 Å². The second kappa shape index (κ2) is 8.23. The Morgan fingerprint density at radius 1 is 1.16 bits per heavy atom.